The van der Waals surface area contributed by atoms with Gasteiger partial charge in [-0.15, -0.1) is 0 Å². The Morgan fingerprint density at radius 2 is 2.22 bits per heavy atom. The lowest BCUT2D eigenvalue weighted by Gasteiger charge is -2.19. The van der Waals surface area contributed by atoms with Crippen molar-refractivity contribution in [3.8, 4) is 0 Å². The number of nitrogens with two attached hydrogens (primary N) is 1. The maximum atomic E-state index is 11.3. The Hall–Kier alpha value is -2.24. The zero-order valence-corrected chi connectivity index (χ0v) is 10.2. The first-order valence-corrected chi connectivity index (χ1v) is 5.77. The molecule has 0 radical (unpaired) electrons. The lowest BCUT2D eigenvalue weighted by molar-refractivity contribution is -0.119. The fourth-order valence-corrected chi connectivity index (χ4v) is 1.86. The molecule has 0 bridgehead atoms. The number of carbonyl (C=O) groups excluding carboxylic acids is 2. The molecule has 0 saturated carbocycles. The largest absolute Gasteiger partial charge is 0.397 e. The van der Waals surface area contributed by atoms with Crippen LogP contribution in [0.15, 0.2) is 12.1 Å². The van der Waals surface area contributed by atoms with Gasteiger partial charge < -0.3 is 21.7 Å². The van der Waals surface area contributed by atoms with Crippen molar-refractivity contribution < 1.29 is 9.59 Å². The zero-order valence-electron chi connectivity index (χ0n) is 10.2. The summed E-state index contributed by atoms with van der Waals surface area (Å²) in [5, 5.41) is 8.28. The number of hydrogen-bond acceptors (Lipinski definition) is 4. The van der Waals surface area contributed by atoms with Gasteiger partial charge in [-0.3, -0.25) is 9.59 Å². The molecular weight excluding hydrogens is 232 g/mol. The second-order valence-electron chi connectivity index (χ2n) is 4.17. The first kappa shape index (κ1) is 12.2. The SMILES string of the molecule is CNC(=O)CNc1cc2c(cc1N)NC(=O)CC2. The molecule has 1 aromatic rings. The summed E-state index contributed by atoms with van der Waals surface area (Å²) in [5.41, 5.74) is 8.89. The van der Waals surface area contributed by atoms with Crippen molar-refractivity contribution in [2.24, 2.45) is 0 Å². The lowest BCUT2D eigenvalue weighted by Crippen LogP contribution is -2.26. The van der Waals surface area contributed by atoms with Gasteiger partial charge in [0.2, 0.25) is 11.8 Å². The molecule has 0 fully saturated rings. The Morgan fingerprint density at radius 1 is 1.44 bits per heavy atom. The number of hydrogen-bond donors (Lipinski definition) is 4. The van der Waals surface area contributed by atoms with Crippen molar-refractivity contribution >= 4 is 28.9 Å². The second kappa shape index (κ2) is 4.95. The van der Waals surface area contributed by atoms with E-state index in [1.165, 1.54) is 0 Å². The Balaban J connectivity index is 2.17. The third kappa shape index (κ3) is 2.53. The highest BCUT2D eigenvalue weighted by molar-refractivity contribution is 5.95. The van der Waals surface area contributed by atoms with E-state index in [-0.39, 0.29) is 18.4 Å². The summed E-state index contributed by atoms with van der Waals surface area (Å²) >= 11 is 0. The molecule has 1 aromatic carbocycles. The van der Waals surface area contributed by atoms with Crippen LogP contribution >= 0.6 is 0 Å². The van der Waals surface area contributed by atoms with Gasteiger partial charge in [-0.05, 0) is 24.1 Å². The standard InChI is InChI=1S/C12H16N4O2/c1-14-12(18)6-15-10-4-7-2-3-11(17)16-9(7)5-8(10)13/h4-5,15H,2-3,6,13H2,1H3,(H,14,18)(H,16,17). The van der Waals surface area contributed by atoms with Gasteiger partial charge in [-0.2, -0.15) is 0 Å². The predicted octanol–water partition coefficient (Wildman–Crippen LogP) is 0.311. The molecule has 96 valence electrons. The van der Waals surface area contributed by atoms with Crippen molar-refractivity contribution in [3.63, 3.8) is 0 Å². The minimum absolute atomic E-state index is 0.00738. The molecule has 0 atom stereocenters. The summed E-state index contributed by atoms with van der Waals surface area (Å²) in [5.74, 6) is -0.103. The summed E-state index contributed by atoms with van der Waals surface area (Å²) < 4.78 is 0. The number of benzene rings is 1. The van der Waals surface area contributed by atoms with Crippen LogP contribution in [0.4, 0.5) is 17.1 Å². The molecule has 1 aliphatic rings. The average Bonchev–Trinajstić information content (AvgIpc) is 2.35. The van der Waals surface area contributed by atoms with Crippen molar-refractivity contribution in [3.05, 3.63) is 17.7 Å². The van der Waals surface area contributed by atoms with Crippen LogP contribution < -0.4 is 21.7 Å². The van der Waals surface area contributed by atoms with Gasteiger partial charge >= 0.3 is 0 Å². The molecule has 5 N–H and O–H groups in total. The van der Waals surface area contributed by atoms with Gasteiger partial charge in [0.05, 0.1) is 17.9 Å². The van der Waals surface area contributed by atoms with Crippen LogP contribution in [0.2, 0.25) is 0 Å². The molecule has 0 aliphatic carbocycles. The molecule has 18 heavy (non-hydrogen) atoms. The van der Waals surface area contributed by atoms with Gasteiger partial charge in [-0.25, -0.2) is 0 Å². The Morgan fingerprint density at radius 3 is 2.94 bits per heavy atom. The third-order valence-corrected chi connectivity index (χ3v) is 2.89. The fourth-order valence-electron chi connectivity index (χ4n) is 1.86. The van der Waals surface area contributed by atoms with E-state index in [2.05, 4.69) is 16.0 Å². The Labute approximate surface area is 105 Å². The predicted molar refractivity (Wildman–Crippen MR) is 70.4 cm³/mol. The topological polar surface area (TPSA) is 96.2 Å². The normalized spacial score (nSPS) is 13.5. The van der Waals surface area contributed by atoms with Gasteiger partial charge in [0.15, 0.2) is 0 Å². The van der Waals surface area contributed by atoms with Gasteiger partial charge in [-0.1, -0.05) is 0 Å². The molecule has 0 aromatic heterocycles. The number of aryl methyl sites for hydroxylation is 1. The number of fused-ring (bicyclic) bond motifs is 1. The molecule has 2 rings (SSSR count). The molecule has 0 unspecified atom stereocenters. The van der Waals surface area contributed by atoms with Crippen molar-refractivity contribution in [1.82, 2.24) is 5.32 Å². The molecule has 1 aliphatic heterocycles. The van der Waals surface area contributed by atoms with Crippen LogP contribution in [0.5, 0.6) is 0 Å². The summed E-state index contributed by atoms with van der Waals surface area (Å²) in [7, 11) is 1.58. The Kier molecular flexibility index (Phi) is 3.36. The summed E-state index contributed by atoms with van der Waals surface area (Å²) in [6, 6.07) is 3.60. The summed E-state index contributed by atoms with van der Waals surface area (Å²) in [4.78, 5) is 22.4. The lowest BCUT2D eigenvalue weighted by atomic mass is 10.0. The van der Waals surface area contributed by atoms with E-state index >= 15 is 0 Å². The van der Waals surface area contributed by atoms with E-state index in [0.29, 0.717) is 24.2 Å². The van der Waals surface area contributed by atoms with Crippen LogP contribution in [0.25, 0.3) is 0 Å². The number of likely N-dealkylation sites (N-methyl/N-ethyl adjacent to an activating group) is 1. The first-order chi connectivity index (χ1) is 8.60. The molecule has 6 nitrogen and oxygen atoms in total. The second-order valence-corrected chi connectivity index (χ2v) is 4.17. The monoisotopic (exact) mass is 248 g/mol. The number of nitrogen functional groups attached to an aromatic ring is 1. The highest BCUT2D eigenvalue weighted by Crippen LogP contribution is 2.30. The summed E-state index contributed by atoms with van der Waals surface area (Å²) in [6.07, 6.45) is 1.17. The van der Waals surface area contributed by atoms with Crippen LogP contribution in [0.1, 0.15) is 12.0 Å². The fraction of sp³-hybridized carbons (Fsp3) is 0.333. The van der Waals surface area contributed by atoms with Crippen molar-refractivity contribution in [2.75, 3.05) is 30.0 Å². The molecule has 0 saturated heterocycles. The number of anilines is 3. The Bertz CT molecular complexity index is 499. The number of amides is 2. The van der Waals surface area contributed by atoms with E-state index in [4.69, 9.17) is 5.73 Å². The van der Waals surface area contributed by atoms with Gasteiger partial charge in [0.1, 0.15) is 0 Å². The van der Waals surface area contributed by atoms with Crippen molar-refractivity contribution in [2.45, 2.75) is 12.8 Å². The van der Waals surface area contributed by atoms with Crippen LogP contribution in [-0.4, -0.2) is 25.4 Å². The first-order valence-electron chi connectivity index (χ1n) is 5.77. The molecule has 6 heteroatoms. The zero-order chi connectivity index (χ0) is 13.1. The minimum atomic E-state index is -0.111. The number of rotatable bonds is 3. The quantitative estimate of drug-likeness (QED) is 0.579. The molecule has 1 heterocycles. The average molecular weight is 248 g/mol. The van der Waals surface area contributed by atoms with Crippen LogP contribution in [0, 0.1) is 0 Å². The highest BCUT2D eigenvalue weighted by Gasteiger charge is 2.16. The minimum Gasteiger partial charge on any atom is -0.397 e. The maximum Gasteiger partial charge on any atom is 0.239 e. The third-order valence-electron chi connectivity index (χ3n) is 2.89. The van der Waals surface area contributed by atoms with E-state index in [1.807, 2.05) is 6.07 Å². The van der Waals surface area contributed by atoms with E-state index in [1.54, 1.807) is 13.1 Å². The van der Waals surface area contributed by atoms with E-state index in [0.717, 1.165) is 11.3 Å². The molecule has 2 amide bonds. The number of nitrogens with one attached hydrogen (secondary N) is 3. The maximum absolute atomic E-state index is 11.3. The highest BCUT2D eigenvalue weighted by atomic mass is 16.2. The van der Waals surface area contributed by atoms with Crippen LogP contribution in [0.3, 0.4) is 0 Å². The number of carbonyl (C=O) groups is 2. The summed E-state index contributed by atoms with van der Waals surface area (Å²) in [6.45, 7) is 0.172. The van der Waals surface area contributed by atoms with Gasteiger partial charge in [0, 0.05) is 19.2 Å². The van der Waals surface area contributed by atoms with Crippen LogP contribution in [-0.2, 0) is 16.0 Å². The smallest absolute Gasteiger partial charge is 0.239 e. The molecule has 0 spiro atoms. The van der Waals surface area contributed by atoms with E-state index < -0.39 is 0 Å². The van der Waals surface area contributed by atoms with Gasteiger partial charge in [0.25, 0.3) is 0 Å². The molecular formula is C12H16N4O2. The van der Waals surface area contributed by atoms with Crippen molar-refractivity contribution in [1.29, 1.82) is 0 Å². The van der Waals surface area contributed by atoms with E-state index in [9.17, 15) is 9.59 Å².